The summed E-state index contributed by atoms with van der Waals surface area (Å²) in [4.78, 5) is 20.7. The van der Waals surface area contributed by atoms with Gasteiger partial charge in [-0.05, 0) is 19.2 Å². The fourth-order valence-corrected chi connectivity index (χ4v) is 2.51. The van der Waals surface area contributed by atoms with Crippen LogP contribution in [0.1, 0.15) is 0 Å². The van der Waals surface area contributed by atoms with Gasteiger partial charge in [0.05, 0.1) is 10.6 Å². The Bertz CT molecular complexity index is 813. The van der Waals surface area contributed by atoms with Gasteiger partial charge in [-0.1, -0.05) is 0 Å². The third kappa shape index (κ3) is 4.00. The second kappa shape index (κ2) is 7.54. The minimum absolute atomic E-state index is 0.0196. The summed E-state index contributed by atoms with van der Waals surface area (Å²) < 4.78 is 27.2. The lowest BCUT2D eigenvalue weighted by Gasteiger charge is -2.32. The second-order valence-corrected chi connectivity index (χ2v) is 5.83. The number of nitrogens with zero attached hydrogens (tertiary/aromatic N) is 5. The van der Waals surface area contributed by atoms with E-state index in [2.05, 4.69) is 25.6 Å². The Morgan fingerprint density at radius 3 is 2.54 bits per heavy atom. The average Bonchev–Trinajstić information content (AvgIpc) is 2.60. The number of hydrazine groups is 1. The number of hydrogen-bond acceptors (Lipinski definition) is 8. The Morgan fingerprint density at radius 1 is 1.15 bits per heavy atom. The number of nitro groups is 1. The zero-order chi connectivity index (χ0) is 18.7. The van der Waals surface area contributed by atoms with E-state index in [0.29, 0.717) is 13.1 Å². The molecule has 26 heavy (non-hydrogen) atoms. The van der Waals surface area contributed by atoms with E-state index in [1.165, 1.54) is 0 Å². The summed E-state index contributed by atoms with van der Waals surface area (Å²) in [5.74, 6) is -1.69. The number of piperazine rings is 1. The Kier molecular flexibility index (Phi) is 5.19. The van der Waals surface area contributed by atoms with Crippen LogP contribution in [-0.4, -0.2) is 58.0 Å². The van der Waals surface area contributed by atoms with Crippen molar-refractivity contribution >= 4 is 23.0 Å². The lowest BCUT2D eigenvalue weighted by molar-refractivity contribution is -0.383. The summed E-state index contributed by atoms with van der Waals surface area (Å²) in [5, 5.41) is 15.8. The van der Waals surface area contributed by atoms with Gasteiger partial charge in [0.15, 0.2) is 0 Å². The highest BCUT2D eigenvalue weighted by Crippen LogP contribution is 2.32. The number of nitrogens with one attached hydrogen (secondary N) is 2. The highest BCUT2D eigenvalue weighted by atomic mass is 19.1. The van der Waals surface area contributed by atoms with Gasteiger partial charge in [0.25, 0.3) is 0 Å². The number of hydrogen-bond donors (Lipinski definition) is 2. The molecule has 0 bridgehead atoms. The molecule has 0 saturated carbocycles. The topological polar surface area (TPSA) is 99.5 Å². The van der Waals surface area contributed by atoms with Gasteiger partial charge in [-0.2, -0.15) is 0 Å². The monoisotopic (exact) mass is 365 g/mol. The maximum atomic E-state index is 13.8. The third-order valence-electron chi connectivity index (χ3n) is 3.95. The van der Waals surface area contributed by atoms with Crippen LogP contribution in [0, 0.1) is 21.7 Å². The van der Waals surface area contributed by atoms with Crippen LogP contribution >= 0.6 is 0 Å². The normalized spacial score (nSPS) is 15.7. The molecule has 2 aromatic rings. The van der Waals surface area contributed by atoms with Crippen molar-refractivity contribution in [3.8, 4) is 0 Å². The van der Waals surface area contributed by atoms with Crippen molar-refractivity contribution in [1.82, 2.24) is 19.9 Å². The maximum Gasteiger partial charge on any atom is 0.354 e. The number of benzene rings is 1. The van der Waals surface area contributed by atoms with Crippen molar-refractivity contribution in [3.63, 3.8) is 0 Å². The quantitative estimate of drug-likeness (QED) is 0.613. The fraction of sp³-hybridized carbons (Fsp3) is 0.333. The van der Waals surface area contributed by atoms with Crippen LogP contribution in [0.3, 0.4) is 0 Å². The highest BCUT2D eigenvalue weighted by Gasteiger charge is 2.26. The predicted octanol–water partition coefficient (Wildman–Crippen LogP) is 1.98. The standard InChI is InChI=1S/C15H17F2N7O2/c1-22-4-6-23(7-5-22)21-15-13(24(25)26)14(18-9-19-15)20-12-8-10(16)2-3-11(12)17/h2-3,8-9H,4-7H2,1H3,(H2,18,19,20,21). The molecule has 1 aliphatic rings. The molecular formula is C15H17F2N7O2. The van der Waals surface area contributed by atoms with Gasteiger partial charge in [-0.3, -0.25) is 15.5 Å². The Hall–Kier alpha value is -2.92. The average molecular weight is 365 g/mol. The molecule has 1 aromatic heterocycles. The minimum atomic E-state index is -0.757. The summed E-state index contributed by atoms with van der Waals surface area (Å²) in [5.41, 5.74) is 2.21. The number of rotatable bonds is 5. The van der Waals surface area contributed by atoms with Crippen LogP contribution in [-0.2, 0) is 0 Å². The molecular weight excluding hydrogens is 348 g/mol. The van der Waals surface area contributed by atoms with Crippen LogP contribution in [0.5, 0.6) is 0 Å². The van der Waals surface area contributed by atoms with E-state index >= 15 is 0 Å². The molecule has 11 heteroatoms. The summed E-state index contributed by atoms with van der Waals surface area (Å²) in [6, 6.07) is 2.78. The van der Waals surface area contributed by atoms with E-state index in [4.69, 9.17) is 0 Å². The van der Waals surface area contributed by atoms with E-state index in [0.717, 1.165) is 37.6 Å². The van der Waals surface area contributed by atoms with Gasteiger partial charge in [-0.15, -0.1) is 0 Å². The molecule has 1 aliphatic heterocycles. The second-order valence-electron chi connectivity index (χ2n) is 5.83. The molecule has 0 spiro atoms. The van der Waals surface area contributed by atoms with Crippen LogP contribution in [0.15, 0.2) is 24.5 Å². The van der Waals surface area contributed by atoms with Crippen molar-refractivity contribution in [3.05, 3.63) is 46.3 Å². The lowest BCUT2D eigenvalue weighted by atomic mass is 10.3. The van der Waals surface area contributed by atoms with Gasteiger partial charge in [0.2, 0.25) is 11.6 Å². The molecule has 0 aliphatic carbocycles. The van der Waals surface area contributed by atoms with Gasteiger partial charge in [-0.25, -0.2) is 23.8 Å². The summed E-state index contributed by atoms with van der Waals surface area (Å²) in [7, 11) is 1.99. The zero-order valence-electron chi connectivity index (χ0n) is 13.9. The molecule has 9 nitrogen and oxygen atoms in total. The predicted molar refractivity (Wildman–Crippen MR) is 91.0 cm³/mol. The van der Waals surface area contributed by atoms with Crippen molar-refractivity contribution in [2.24, 2.45) is 0 Å². The SMILES string of the molecule is CN1CCN(Nc2ncnc(Nc3cc(F)ccc3F)c2[N+](=O)[O-])CC1. The number of aromatic nitrogens is 2. The Labute approximate surface area is 147 Å². The third-order valence-corrected chi connectivity index (χ3v) is 3.95. The van der Waals surface area contributed by atoms with Crippen molar-refractivity contribution in [2.45, 2.75) is 0 Å². The smallest absolute Gasteiger partial charge is 0.332 e. The molecule has 0 amide bonds. The molecule has 0 unspecified atom stereocenters. The lowest BCUT2D eigenvalue weighted by Crippen LogP contribution is -2.47. The molecule has 138 valence electrons. The first-order valence-electron chi connectivity index (χ1n) is 7.85. The largest absolute Gasteiger partial charge is 0.354 e. The number of anilines is 3. The molecule has 2 N–H and O–H groups in total. The van der Waals surface area contributed by atoms with Gasteiger partial charge in [0.1, 0.15) is 18.0 Å². The van der Waals surface area contributed by atoms with E-state index in [1.54, 1.807) is 0 Å². The van der Waals surface area contributed by atoms with Crippen LogP contribution in [0.4, 0.5) is 31.8 Å². The van der Waals surface area contributed by atoms with E-state index < -0.39 is 22.2 Å². The van der Waals surface area contributed by atoms with E-state index in [1.807, 2.05) is 12.1 Å². The number of likely N-dealkylation sites (N-methyl/N-ethyl adjacent to an activating group) is 1. The van der Waals surface area contributed by atoms with Gasteiger partial charge in [0, 0.05) is 32.2 Å². The first kappa shape index (κ1) is 17.9. The highest BCUT2D eigenvalue weighted by molar-refractivity contribution is 5.73. The molecule has 2 heterocycles. The van der Waals surface area contributed by atoms with Crippen molar-refractivity contribution < 1.29 is 13.7 Å². The first-order chi connectivity index (χ1) is 12.4. The zero-order valence-corrected chi connectivity index (χ0v) is 13.9. The Morgan fingerprint density at radius 2 is 1.85 bits per heavy atom. The van der Waals surface area contributed by atoms with Gasteiger partial charge < -0.3 is 10.2 Å². The molecule has 3 rings (SSSR count). The van der Waals surface area contributed by atoms with Crippen molar-refractivity contribution in [2.75, 3.05) is 44.0 Å². The van der Waals surface area contributed by atoms with E-state index in [-0.39, 0.29) is 17.3 Å². The molecule has 0 atom stereocenters. The first-order valence-corrected chi connectivity index (χ1v) is 7.85. The summed E-state index contributed by atoms with van der Waals surface area (Å²) in [6.45, 7) is 2.90. The minimum Gasteiger partial charge on any atom is -0.332 e. The van der Waals surface area contributed by atoms with Crippen molar-refractivity contribution in [1.29, 1.82) is 0 Å². The molecule has 1 fully saturated rings. The molecule has 1 saturated heterocycles. The fourth-order valence-electron chi connectivity index (χ4n) is 2.51. The van der Waals surface area contributed by atoms with E-state index in [9.17, 15) is 18.9 Å². The van der Waals surface area contributed by atoms with Crippen LogP contribution in [0.2, 0.25) is 0 Å². The maximum absolute atomic E-state index is 13.8. The summed E-state index contributed by atoms with van der Waals surface area (Å²) in [6.07, 6.45) is 1.12. The molecule has 1 aromatic carbocycles. The van der Waals surface area contributed by atoms with Crippen LogP contribution < -0.4 is 10.7 Å². The van der Waals surface area contributed by atoms with Crippen LogP contribution in [0.25, 0.3) is 0 Å². The number of halogens is 2. The Balaban J connectivity index is 1.88. The molecule has 0 radical (unpaired) electrons. The van der Waals surface area contributed by atoms with Gasteiger partial charge >= 0.3 is 5.69 Å². The summed E-state index contributed by atoms with van der Waals surface area (Å²) >= 11 is 0.